The minimum Gasteiger partial charge on any atom is -0.478 e. The molecule has 0 saturated heterocycles. The first kappa shape index (κ1) is 16.7. The highest BCUT2D eigenvalue weighted by Gasteiger charge is 2.09. The van der Waals surface area contributed by atoms with Gasteiger partial charge >= 0.3 is 5.97 Å². The molecule has 0 bridgehead atoms. The number of amides is 1. The van der Waals surface area contributed by atoms with Crippen molar-refractivity contribution < 1.29 is 19.1 Å². The lowest BCUT2D eigenvalue weighted by Gasteiger charge is -2.00. The van der Waals surface area contributed by atoms with Gasteiger partial charge in [-0.15, -0.1) is 0 Å². The van der Waals surface area contributed by atoms with Crippen LogP contribution in [-0.2, 0) is 4.79 Å². The van der Waals surface area contributed by atoms with E-state index in [9.17, 15) is 9.59 Å². The molecule has 3 rings (SSSR count). The van der Waals surface area contributed by atoms with Gasteiger partial charge < -0.3 is 9.52 Å². The zero-order chi connectivity index (χ0) is 17.6. The summed E-state index contributed by atoms with van der Waals surface area (Å²) in [7, 11) is 0. The maximum Gasteiger partial charge on any atom is 0.336 e. The van der Waals surface area contributed by atoms with Crippen molar-refractivity contribution in [2.24, 2.45) is 5.10 Å². The number of nitrogens with zero attached hydrogens (tertiary/aromatic N) is 2. The molecule has 2 N–H and O–H groups in total. The van der Waals surface area contributed by atoms with E-state index >= 15 is 0 Å². The number of fused-ring (bicyclic) bond motifs is 1. The molecule has 1 amide bonds. The molecular weight excluding hydrogens is 342 g/mol. The number of carbonyl (C=O) groups excluding carboxylic acids is 1. The number of carboxylic acid groups (broad SMARTS) is 1. The summed E-state index contributed by atoms with van der Waals surface area (Å²) in [5, 5.41) is 13.3. The van der Waals surface area contributed by atoms with Crippen LogP contribution in [0.25, 0.3) is 11.1 Å². The molecule has 1 heterocycles. The lowest BCUT2D eigenvalue weighted by molar-refractivity contribution is -0.118. The first-order valence-corrected chi connectivity index (χ1v) is 8.24. The van der Waals surface area contributed by atoms with Crippen molar-refractivity contribution in [1.29, 1.82) is 0 Å². The smallest absolute Gasteiger partial charge is 0.336 e. The number of para-hydroxylation sites is 2. The highest BCUT2D eigenvalue weighted by atomic mass is 32.2. The zero-order valence-corrected chi connectivity index (χ0v) is 13.7. The monoisotopic (exact) mass is 355 g/mol. The van der Waals surface area contributed by atoms with Crippen LogP contribution in [0.15, 0.2) is 63.3 Å². The Bertz CT molecular complexity index is 919. The second kappa shape index (κ2) is 7.63. The topological polar surface area (TPSA) is 105 Å². The van der Waals surface area contributed by atoms with Crippen LogP contribution in [0.2, 0.25) is 0 Å². The summed E-state index contributed by atoms with van der Waals surface area (Å²) in [6, 6.07) is 13.7. The quantitative estimate of drug-likeness (QED) is 0.400. The predicted octanol–water partition coefficient (Wildman–Crippen LogP) is 2.77. The van der Waals surface area contributed by atoms with Crippen molar-refractivity contribution in [2.45, 2.75) is 5.22 Å². The standard InChI is InChI=1S/C17H13N3O4S/c21-15(10-25-17-19-13-7-3-4-8-14(13)24-17)20-18-9-11-5-1-2-6-12(11)16(22)23/h1-9H,10H2,(H,20,21)(H,22,23)/b18-9+. The Balaban J connectivity index is 1.55. The van der Waals surface area contributed by atoms with Crippen molar-refractivity contribution >= 4 is 41.0 Å². The second-order valence-electron chi connectivity index (χ2n) is 4.92. The Hall–Kier alpha value is -3.13. The highest BCUT2D eigenvalue weighted by Crippen LogP contribution is 2.22. The van der Waals surface area contributed by atoms with Crippen molar-refractivity contribution in [3.8, 4) is 0 Å². The van der Waals surface area contributed by atoms with Crippen LogP contribution < -0.4 is 5.43 Å². The summed E-state index contributed by atoms with van der Waals surface area (Å²) in [6.45, 7) is 0. The lowest BCUT2D eigenvalue weighted by atomic mass is 10.1. The van der Waals surface area contributed by atoms with Gasteiger partial charge in [0.25, 0.3) is 11.1 Å². The fourth-order valence-electron chi connectivity index (χ4n) is 2.05. The Morgan fingerprint density at radius 2 is 1.96 bits per heavy atom. The fourth-order valence-corrected chi connectivity index (χ4v) is 2.68. The molecule has 0 fully saturated rings. The van der Waals surface area contributed by atoms with Crippen LogP contribution in [0, 0.1) is 0 Å². The molecule has 0 unspecified atom stereocenters. The Morgan fingerprint density at radius 1 is 1.20 bits per heavy atom. The summed E-state index contributed by atoms with van der Waals surface area (Å²) in [6.07, 6.45) is 1.30. The van der Waals surface area contributed by atoms with Crippen LogP contribution in [0.1, 0.15) is 15.9 Å². The highest BCUT2D eigenvalue weighted by molar-refractivity contribution is 7.99. The number of oxazole rings is 1. The number of benzene rings is 2. The number of nitrogens with one attached hydrogen (secondary N) is 1. The van der Waals surface area contributed by atoms with Crippen LogP contribution >= 0.6 is 11.8 Å². The van der Waals surface area contributed by atoms with E-state index in [0.29, 0.717) is 16.4 Å². The van der Waals surface area contributed by atoms with E-state index in [1.807, 2.05) is 18.2 Å². The number of carboxylic acids is 1. The minimum atomic E-state index is -1.06. The van der Waals surface area contributed by atoms with Gasteiger partial charge in [-0.2, -0.15) is 5.10 Å². The third kappa shape index (κ3) is 4.24. The molecule has 25 heavy (non-hydrogen) atoms. The minimum absolute atomic E-state index is 0.0741. The fraction of sp³-hybridized carbons (Fsp3) is 0.0588. The van der Waals surface area contributed by atoms with E-state index in [2.05, 4.69) is 15.5 Å². The second-order valence-corrected chi connectivity index (χ2v) is 5.85. The first-order valence-electron chi connectivity index (χ1n) is 7.26. The SMILES string of the molecule is O=C(CSc1nc2ccccc2o1)N/N=C/c1ccccc1C(=O)O. The van der Waals surface area contributed by atoms with Crippen LogP contribution in [0.5, 0.6) is 0 Å². The van der Waals surface area contributed by atoms with Crippen LogP contribution in [-0.4, -0.2) is 33.9 Å². The predicted molar refractivity (Wildman–Crippen MR) is 93.9 cm³/mol. The van der Waals surface area contributed by atoms with Gasteiger partial charge in [0.2, 0.25) is 0 Å². The van der Waals surface area contributed by atoms with Gasteiger partial charge in [-0.05, 0) is 18.2 Å². The van der Waals surface area contributed by atoms with Gasteiger partial charge in [0, 0.05) is 5.56 Å². The molecule has 0 atom stereocenters. The van der Waals surface area contributed by atoms with Gasteiger partial charge in [0.05, 0.1) is 17.5 Å². The molecule has 3 aromatic rings. The van der Waals surface area contributed by atoms with E-state index in [4.69, 9.17) is 9.52 Å². The normalized spacial score (nSPS) is 11.0. The average Bonchev–Trinajstić information content (AvgIpc) is 3.03. The molecule has 0 spiro atoms. The molecule has 0 aliphatic heterocycles. The van der Waals surface area contributed by atoms with E-state index in [1.165, 1.54) is 12.3 Å². The molecular formula is C17H13N3O4S. The number of hydrogen-bond donors (Lipinski definition) is 2. The zero-order valence-electron chi connectivity index (χ0n) is 12.9. The molecule has 0 aliphatic rings. The Morgan fingerprint density at radius 3 is 2.76 bits per heavy atom. The van der Waals surface area contributed by atoms with Crippen molar-refractivity contribution in [2.75, 3.05) is 5.75 Å². The van der Waals surface area contributed by atoms with E-state index in [1.54, 1.807) is 24.3 Å². The molecule has 0 radical (unpaired) electrons. The third-order valence-electron chi connectivity index (χ3n) is 3.19. The molecule has 1 aromatic heterocycles. The molecule has 7 nitrogen and oxygen atoms in total. The molecule has 0 aliphatic carbocycles. The summed E-state index contributed by atoms with van der Waals surface area (Å²) in [4.78, 5) is 27.1. The summed E-state index contributed by atoms with van der Waals surface area (Å²) >= 11 is 1.15. The number of carbonyl (C=O) groups is 2. The molecule has 0 saturated carbocycles. The third-order valence-corrected chi connectivity index (χ3v) is 4.01. The van der Waals surface area contributed by atoms with Crippen molar-refractivity contribution in [1.82, 2.24) is 10.4 Å². The molecule has 8 heteroatoms. The van der Waals surface area contributed by atoms with E-state index in [0.717, 1.165) is 17.3 Å². The molecule has 2 aromatic carbocycles. The van der Waals surface area contributed by atoms with E-state index < -0.39 is 5.97 Å². The van der Waals surface area contributed by atoms with E-state index in [-0.39, 0.29) is 17.2 Å². The first-order chi connectivity index (χ1) is 12.1. The number of rotatable bonds is 6. The number of hydrazone groups is 1. The number of aromatic carboxylic acids is 1. The van der Waals surface area contributed by atoms with Gasteiger partial charge in [-0.3, -0.25) is 4.79 Å². The van der Waals surface area contributed by atoms with Gasteiger partial charge in [-0.25, -0.2) is 15.2 Å². The molecule has 126 valence electrons. The van der Waals surface area contributed by atoms with Crippen LogP contribution in [0.3, 0.4) is 0 Å². The largest absolute Gasteiger partial charge is 0.478 e. The summed E-state index contributed by atoms with van der Waals surface area (Å²) in [5.41, 5.74) is 4.26. The lowest BCUT2D eigenvalue weighted by Crippen LogP contribution is -2.19. The summed E-state index contributed by atoms with van der Waals surface area (Å²) in [5.74, 6) is -1.33. The summed E-state index contributed by atoms with van der Waals surface area (Å²) < 4.78 is 5.50. The Labute approximate surface area is 146 Å². The maximum atomic E-state index is 11.8. The van der Waals surface area contributed by atoms with Crippen LogP contribution in [0.4, 0.5) is 0 Å². The maximum absolute atomic E-state index is 11.8. The van der Waals surface area contributed by atoms with Crippen molar-refractivity contribution in [3.05, 3.63) is 59.7 Å². The number of aromatic nitrogens is 1. The van der Waals surface area contributed by atoms with Gasteiger partial charge in [-0.1, -0.05) is 42.1 Å². The Kier molecular flexibility index (Phi) is 5.10. The van der Waals surface area contributed by atoms with Crippen molar-refractivity contribution in [3.63, 3.8) is 0 Å². The van der Waals surface area contributed by atoms with Gasteiger partial charge in [0.1, 0.15) is 5.52 Å². The average molecular weight is 355 g/mol. The number of thioether (sulfide) groups is 1. The van der Waals surface area contributed by atoms with Gasteiger partial charge in [0.15, 0.2) is 5.58 Å². The number of hydrogen-bond acceptors (Lipinski definition) is 6.